The molecule has 1 rings (SSSR count). The third kappa shape index (κ3) is 5.39. The fourth-order valence-electron chi connectivity index (χ4n) is 1.07. The van der Waals surface area contributed by atoms with E-state index >= 15 is 0 Å². The maximum Gasteiger partial charge on any atom is 0.338 e. The van der Waals surface area contributed by atoms with Crippen LogP contribution in [0, 0.1) is 3.57 Å². The van der Waals surface area contributed by atoms with Gasteiger partial charge in [0, 0.05) is 9.14 Å². The van der Waals surface area contributed by atoms with Gasteiger partial charge in [0.25, 0.3) is 0 Å². The average molecular weight is 376 g/mol. The largest absolute Gasteiger partial charge is 0.455 e. The Kier molecular flexibility index (Phi) is 5.97. The number of hydrogen-bond donors (Lipinski definition) is 1. The summed E-state index contributed by atoms with van der Waals surface area (Å²) in [5.41, 5.74) is 0.516. The van der Waals surface area contributed by atoms with Gasteiger partial charge in [0.2, 0.25) is 6.29 Å². The van der Waals surface area contributed by atoms with Crippen LogP contribution >= 0.6 is 22.6 Å². The number of benzene rings is 1. The Balaban J connectivity index is 2.44. The van der Waals surface area contributed by atoms with Gasteiger partial charge < -0.3 is 14.6 Å². The lowest BCUT2D eigenvalue weighted by Crippen LogP contribution is -2.25. The van der Waals surface area contributed by atoms with Crippen molar-refractivity contribution in [3.05, 3.63) is 45.6 Å². The zero-order valence-electron chi connectivity index (χ0n) is 10.3. The smallest absolute Gasteiger partial charge is 0.338 e. The molecule has 1 atom stereocenters. The van der Waals surface area contributed by atoms with Crippen LogP contribution in [0.3, 0.4) is 0 Å². The molecule has 102 valence electrons. The quantitative estimate of drug-likeness (QED) is 0.368. The minimum atomic E-state index is -1.50. The van der Waals surface area contributed by atoms with E-state index in [1.165, 1.54) is 6.92 Å². The number of carbonyl (C=O) groups excluding carboxylic acids is 2. The molecule has 0 fully saturated rings. The number of carbonyl (C=O) groups is 2. The molecular weight excluding hydrogens is 363 g/mol. The molecule has 1 unspecified atom stereocenters. The van der Waals surface area contributed by atoms with Crippen molar-refractivity contribution in [1.82, 2.24) is 0 Å². The Morgan fingerprint density at radius 1 is 1.37 bits per heavy atom. The monoisotopic (exact) mass is 376 g/mol. The first-order chi connectivity index (χ1) is 8.90. The summed E-state index contributed by atoms with van der Waals surface area (Å²) in [5, 5.41) is 9.35. The molecule has 0 saturated heterocycles. The van der Waals surface area contributed by atoms with Crippen LogP contribution in [0.4, 0.5) is 0 Å². The Labute approximate surface area is 124 Å². The van der Waals surface area contributed by atoms with E-state index in [-0.39, 0.29) is 5.57 Å². The molecule has 5 nitrogen and oxygen atoms in total. The van der Waals surface area contributed by atoms with Crippen molar-refractivity contribution >= 4 is 34.5 Å². The standard InChI is InChI=1S/C13H13IO5/c1-8(2)12(16)19-11(15)7-18-13(17)9-3-5-10(14)6-4-9/h3-6,11,15H,1,7H2,2H3. The van der Waals surface area contributed by atoms with Gasteiger partial charge in [0.15, 0.2) is 6.61 Å². The maximum absolute atomic E-state index is 11.6. The zero-order valence-corrected chi connectivity index (χ0v) is 12.4. The minimum Gasteiger partial charge on any atom is -0.455 e. The Hall–Kier alpha value is -1.41. The Morgan fingerprint density at radius 2 is 1.95 bits per heavy atom. The SMILES string of the molecule is C=C(C)C(=O)OC(O)COC(=O)c1ccc(I)cc1. The van der Waals surface area contributed by atoms with E-state index in [9.17, 15) is 14.7 Å². The zero-order chi connectivity index (χ0) is 14.4. The lowest BCUT2D eigenvalue weighted by molar-refractivity contribution is -0.169. The van der Waals surface area contributed by atoms with Crippen LogP contribution in [0.2, 0.25) is 0 Å². The maximum atomic E-state index is 11.6. The second-order valence-electron chi connectivity index (χ2n) is 3.75. The van der Waals surface area contributed by atoms with Gasteiger partial charge in [0.05, 0.1) is 5.56 Å². The first-order valence-electron chi connectivity index (χ1n) is 5.37. The highest BCUT2D eigenvalue weighted by Crippen LogP contribution is 2.08. The van der Waals surface area contributed by atoms with Crippen LogP contribution in [0.15, 0.2) is 36.4 Å². The Morgan fingerprint density at radius 3 is 2.47 bits per heavy atom. The topological polar surface area (TPSA) is 72.8 Å². The van der Waals surface area contributed by atoms with Gasteiger partial charge in [-0.25, -0.2) is 9.59 Å². The van der Waals surface area contributed by atoms with E-state index in [4.69, 9.17) is 4.74 Å². The third-order valence-electron chi connectivity index (χ3n) is 2.03. The molecule has 19 heavy (non-hydrogen) atoms. The Bertz CT molecular complexity index is 480. The first-order valence-corrected chi connectivity index (χ1v) is 6.45. The molecule has 0 radical (unpaired) electrons. The predicted octanol–water partition coefficient (Wildman–Crippen LogP) is 1.89. The van der Waals surface area contributed by atoms with Crippen molar-refractivity contribution in [3.63, 3.8) is 0 Å². The molecule has 0 aliphatic carbocycles. The molecule has 1 N–H and O–H groups in total. The molecule has 0 aliphatic heterocycles. The van der Waals surface area contributed by atoms with Crippen molar-refractivity contribution in [1.29, 1.82) is 0 Å². The number of hydrogen-bond acceptors (Lipinski definition) is 5. The average Bonchev–Trinajstić information content (AvgIpc) is 2.36. The summed E-state index contributed by atoms with van der Waals surface area (Å²) in [6.07, 6.45) is -1.50. The van der Waals surface area contributed by atoms with Crippen LogP contribution in [0.5, 0.6) is 0 Å². The van der Waals surface area contributed by atoms with Crippen molar-refractivity contribution in [2.75, 3.05) is 6.61 Å². The van der Waals surface area contributed by atoms with Gasteiger partial charge in [-0.3, -0.25) is 0 Å². The van der Waals surface area contributed by atoms with Gasteiger partial charge in [0.1, 0.15) is 0 Å². The summed E-state index contributed by atoms with van der Waals surface area (Å²) in [6, 6.07) is 6.73. The lowest BCUT2D eigenvalue weighted by atomic mass is 10.2. The highest BCUT2D eigenvalue weighted by molar-refractivity contribution is 14.1. The number of halogens is 1. The minimum absolute atomic E-state index is 0.156. The molecule has 0 aliphatic rings. The van der Waals surface area contributed by atoms with E-state index < -0.39 is 24.8 Å². The highest BCUT2D eigenvalue weighted by atomic mass is 127. The van der Waals surface area contributed by atoms with Crippen LogP contribution in [0.25, 0.3) is 0 Å². The van der Waals surface area contributed by atoms with Crippen molar-refractivity contribution in [2.45, 2.75) is 13.2 Å². The second kappa shape index (κ2) is 7.25. The molecule has 0 heterocycles. The molecular formula is C13H13IO5. The molecule has 0 amide bonds. The van der Waals surface area contributed by atoms with Crippen molar-refractivity contribution in [2.24, 2.45) is 0 Å². The summed E-state index contributed by atoms with van der Waals surface area (Å²) < 4.78 is 10.4. The van der Waals surface area contributed by atoms with E-state index in [0.29, 0.717) is 5.56 Å². The van der Waals surface area contributed by atoms with Crippen molar-refractivity contribution in [3.8, 4) is 0 Å². The molecule has 0 spiro atoms. The highest BCUT2D eigenvalue weighted by Gasteiger charge is 2.15. The second-order valence-corrected chi connectivity index (χ2v) is 4.99. The molecule has 1 aromatic carbocycles. The van der Waals surface area contributed by atoms with E-state index in [0.717, 1.165) is 3.57 Å². The van der Waals surface area contributed by atoms with Gasteiger partial charge >= 0.3 is 11.9 Å². The van der Waals surface area contributed by atoms with Gasteiger partial charge in [-0.2, -0.15) is 0 Å². The molecule has 0 bridgehead atoms. The molecule has 6 heteroatoms. The summed E-state index contributed by atoms with van der Waals surface area (Å²) in [6.45, 7) is 4.39. The number of ether oxygens (including phenoxy) is 2. The number of esters is 2. The predicted molar refractivity (Wildman–Crippen MR) is 76.4 cm³/mol. The number of rotatable bonds is 5. The number of aliphatic hydroxyl groups is 1. The van der Waals surface area contributed by atoms with E-state index in [2.05, 4.69) is 33.9 Å². The van der Waals surface area contributed by atoms with Gasteiger partial charge in [-0.15, -0.1) is 0 Å². The lowest BCUT2D eigenvalue weighted by Gasteiger charge is -2.12. The van der Waals surface area contributed by atoms with E-state index in [1.54, 1.807) is 24.3 Å². The summed E-state index contributed by atoms with van der Waals surface area (Å²) in [5.74, 6) is -1.33. The molecule has 0 aromatic heterocycles. The van der Waals surface area contributed by atoms with E-state index in [1.807, 2.05) is 0 Å². The normalized spacial score (nSPS) is 11.5. The summed E-state index contributed by atoms with van der Waals surface area (Å²) >= 11 is 2.11. The van der Waals surface area contributed by atoms with Crippen LogP contribution in [0.1, 0.15) is 17.3 Å². The number of aliphatic hydroxyl groups excluding tert-OH is 1. The molecule has 1 aromatic rings. The summed E-state index contributed by atoms with van der Waals surface area (Å²) in [7, 11) is 0. The van der Waals surface area contributed by atoms with Crippen molar-refractivity contribution < 1.29 is 24.2 Å². The third-order valence-corrected chi connectivity index (χ3v) is 2.75. The van der Waals surface area contributed by atoms with Gasteiger partial charge in [-0.05, 0) is 53.8 Å². The fraction of sp³-hybridized carbons (Fsp3) is 0.231. The fourth-order valence-corrected chi connectivity index (χ4v) is 1.43. The summed E-state index contributed by atoms with van der Waals surface area (Å²) in [4.78, 5) is 22.7. The van der Waals surface area contributed by atoms with Crippen LogP contribution in [-0.2, 0) is 14.3 Å². The van der Waals surface area contributed by atoms with Gasteiger partial charge in [-0.1, -0.05) is 6.58 Å². The molecule has 0 saturated carbocycles. The van der Waals surface area contributed by atoms with Crippen LogP contribution < -0.4 is 0 Å². The van der Waals surface area contributed by atoms with Crippen LogP contribution in [-0.4, -0.2) is 29.9 Å². The first kappa shape index (κ1) is 15.6.